The van der Waals surface area contributed by atoms with Gasteiger partial charge in [-0.05, 0) is 63.6 Å². The molecule has 0 heterocycles. The molecule has 0 spiro atoms. The van der Waals surface area contributed by atoms with E-state index in [9.17, 15) is 13.2 Å². The summed E-state index contributed by atoms with van der Waals surface area (Å²) < 4.78 is 32.7. The van der Waals surface area contributed by atoms with Gasteiger partial charge in [0.05, 0.1) is 10.6 Å². The fourth-order valence-corrected chi connectivity index (χ4v) is 4.08. The first-order valence-electron chi connectivity index (χ1n) is 9.39. The van der Waals surface area contributed by atoms with Gasteiger partial charge in [0.15, 0.2) is 6.61 Å². The third-order valence-corrected chi connectivity index (χ3v) is 6.33. The fourth-order valence-electron chi connectivity index (χ4n) is 2.60. The minimum atomic E-state index is -3.65. The first-order chi connectivity index (χ1) is 13.3. The first-order valence-corrected chi connectivity index (χ1v) is 10.8. The zero-order chi connectivity index (χ0) is 20.7. The molecule has 1 amide bonds. The van der Waals surface area contributed by atoms with Crippen molar-refractivity contribution in [2.75, 3.05) is 17.5 Å². The topological polar surface area (TPSA) is 75.7 Å². The lowest BCUT2D eigenvalue weighted by molar-refractivity contribution is -0.123. The molecule has 2 rings (SSSR count). The molecular formula is C21H28N2O4S. The summed E-state index contributed by atoms with van der Waals surface area (Å²) in [5.74, 6) is 0.322. The van der Waals surface area contributed by atoms with Crippen LogP contribution in [0.1, 0.15) is 32.8 Å². The summed E-state index contributed by atoms with van der Waals surface area (Å²) in [6.45, 7) is 7.84. The number of hydrogen-bond acceptors (Lipinski definition) is 4. The Balaban J connectivity index is 2.10. The molecule has 0 aromatic heterocycles. The Morgan fingerprint density at radius 2 is 1.68 bits per heavy atom. The number of benzene rings is 2. The summed E-state index contributed by atoms with van der Waals surface area (Å²) in [4.78, 5) is 12.0. The van der Waals surface area contributed by atoms with Crippen molar-refractivity contribution in [3.05, 3.63) is 54.1 Å². The summed E-state index contributed by atoms with van der Waals surface area (Å²) in [6.07, 6.45) is 0.850. The lowest BCUT2D eigenvalue weighted by Gasteiger charge is -2.23. The second kappa shape index (κ2) is 9.59. The molecule has 6 nitrogen and oxygen atoms in total. The molecule has 0 unspecified atom stereocenters. The van der Waals surface area contributed by atoms with Gasteiger partial charge in [-0.2, -0.15) is 0 Å². The molecule has 0 aliphatic heterocycles. The van der Waals surface area contributed by atoms with E-state index in [0.717, 1.165) is 12.0 Å². The number of amides is 1. The smallest absolute Gasteiger partial charge is 0.264 e. The maximum atomic E-state index is 12.9. The standard InChI is InChI=1S/C21H28N2O4S/c1-5-17(4)22-21(24)15-27-19-11-9-18(10-12-19)23(6-2)28(25,26)20-13-7-16(3)8-14-20/h7-14,17H,5-6,15H2,1-4H3,(H,22,24)/t17-/m1/s1. The van der Waals surface area contributed by atoms with Crippen LogP contribution in [-0.2, 0) is 14.8 Å². The molecule has 0 saturated carbocycles. The molecule has 28 heavy (non-hydrogen) atoms. The van der Waals surface area contributed by atoms with Gasteiger partial charge in [0.25, 0.3) is 15.9 Å². The third-order valence-electron chi connectivity index (χ3n) is 4.41. The van der Waals surface area contributed by atoms with Crippen LogP contribution >= 0.6 is 0 Å². The number of sulfonamides is 1. The summed E-state index contributed by atoms with van der Waals surface area (Å²) >= 11 is 0. The van der Waals surface area contributed by atoms with Crippen molar-refractivity contribution < 1.29 is 17.9 Å². The van der Waals surface area contributed by atoms with Gasteiger partial charge in [-0.1, -0.05) is 24.6 Å². The van der Waals surface area contributed by atoms with Gasteiger partial charge in [-0.15, -0.1) is 0 Å². The molecule has 0 aliphatic rings. The van der Waals surface area contributed by atoms with Crippen molar-refractivity contribution in [3.63, 3.8) is 0 Å². The summed E-state index contributed by atoms with van der Waals surface area (Å²) in [7, 11) is -3.65. The summed E-state index contributed by atoms with van der Waals surface area (Å²) in [5, 5.41) is 2.83. The zero-order valence-corrected chi connectivity index (χ0v) is 17.6. The van der Waals surface area contributed by atoms with Crippen LogP contribution in [0.15, 0.2) is 53.4 Å². The molecule has 0 fully saturated rings. The zero-order valence-electron chi connectivity index (χ0n) is 16.8. The summed E-state index contributed by atoms with van der Waals surface area (Å²) in [6, 6.07) is 13.6. The van der Waals surface area contributed by atoms with Crippen LogP contribution in [-0.4, -0.2) is 33.5 Å². The van der Waals surface area contributed by atoms with Crippen LogP contribution in [0, 0.1) is 6.92 Å². The molecule has 0 saturated heterocycles. The maximum Gasteiger partial charge on any atom is 0.264 e. The van der Waals surface area contributed by atoms with Crippen molar-refractivity contribution >= 4 is 21.6 Å². The van der Waals surface area contributed by atoms with Crippen molar-refractivity contribution in [1.29, 1.82) is 0 Å². The number of hydrogen-bond donors (Lipinski definition) is 1. The number of carbonyl (C=O) groups is 1. The Morgan fingerprint density at radius 1 is 1.07 bits per heavy atom. The molecule has 0 aliphatic carbocycles. The Bertz CT molecular complexity index is 878. The lowest BCUT2D eigenvalue weighted by atomic mass is 10.2. The van der Waals surface area contributed by atoms with Crippen LogP contribution < -0.4 is 14.4 Å². The quantitative estimate of drug-likeness (QED) is 0.694. The number of nitrogens with zero attached hydrogens (tertiary/aromatic N) is 1. The molecule has 2 aromatic rings. The average Bonchev–Trinajstić information content (AvgIpc) is 2.68. The number of nitrogens with one attached hydrogen (secondary N) is 1. The molecule has 0 bridgehead atoms. The van der Waals surface area contributed by atoms with E-state index in [1.807, 2.05) is 20.8 Å². The first kappa shape index (κ1) is 21.8. The Morgan fingerprint density at radius 3 is 2.21 bits per heavy atom. The minimum Gasteiger partial charge on any atom is -0.484 e. The fraction of sp³-hybridized carbons (Fsp3) is 0.381. The van der Waals surface area contributed by atoms with Gasteiger partial charge in [0, 0.05) is 12.6 Å². The van der Waals surface area contributed by atoms with E-state index in [1.165, 1.54) is 4.31 Å². The number of carbonyl (C=O) groups excluding carboxylic acids is 1. The van der Waals surface area contributed by atoms with Gasteiger partial charge < -0.3 is 10.1 Å². The van der Waals surface area contributed by atoms with E-state index >= 15 is 0 Å². The highest BCUT2D eigenvalue weighted by molar-refractivity contribution is 7.92. The van der Waals surface area contributed by atoms with Gasteiger partial charge >= 0.3 is 0 Å². The Labute approximate surface area is 167 Å². The van der Waals surface area contributed by atoms with E-state index in [-0.39, 0.29) is 23.5 Å². The van der Waals surface area contributed by atoms with Crippen molar-refractivity contribution in [3.8, 4) is 5.75 Å². The van der Waals surface area contributed by atoms with Crippen LogP contribution in [0.4, 0.5) is 5.69 Å². The molecular weight excluding hydrogens is 376 g/mol. The minimum absolute atomic E-state index is 0.0805. The van der Waals surface area contributed by atoms with Gasteiger partial charge in [0.2, 0.25) is 0 Å². The number of rotatable bonds is 9. The van der Waals surface area contributed by atoms with Gasteiger partial charge in [-0.25, -0.2) is 8.42 Å². The number of anilines is 1. The van der Waals surface area contributed by atoms with E-state index in [4.69, 9.17) is 4.74 Å². The van der Waals surface area contributed by atoms with E-state index in [0.29, 0.717) is 18.0 Å². The van der Waals surface area contributed by atoms with E-state index in [2.05, 4.69) is 5.32 Å². The highest BCUT2D eigenvalue weighted by atomic mass is 32.2. The van der Waals surface area contributed by atoms with Gasteiger partial charge in [-0.3, -0.25) is 9.10 Å². The maximum absolute atomic E-state index is 12.9. The number of ether oxygens (including phenoxy) is 1. The lowest BCUT2D eigenvalue weighted by Crippen LogP contribution is -2.35. The SMILES string of the molecule is CC[C@@H](C)NC(=O)COc1ccc(N(CC)S(=O)(=O)c2ccc(C)cc2)cc1. The number of aryl methyl sites for hydroxylation is 1. The third kappa shape index (κ3) is 5.48. The van der Waals surface area contributed by atoms with Crippen LogP contribution in [0.25, 0.3) is 0 Å². The van der Waals surface area contributed by atoms with E-state index < -0.39 is 10.0 Å². The highest BCUT2D eigenvalue weighted by Gasteiger charge is 2.23. The molecule has 1 N–H and O–H groups in total. The average molecular weight is 405 g/mol. The molecule has 2 aromatic carbocycles. The Kier molecular flexibility index (Phi) is 7.45. The molecule has 1 atom stereocenters. The van der Waals surface area contributed by atoms with Crippen molar-refractivity contribution in [2.45, 2.75) is 45.1 Å². The normalized spacial score (nSPS) is 12.3. The Hall–Kier alpha value is -2.54. The van der Waals surface area contributed by atoms with Crippen molar-refractivity contribution in [1.82, 2.24) is 5.32 Å². The predicted octanol–water partition coefficient (Wildman–Crippen LogP) is 3.50. The van der Waals surface area contributed by atoms with Gasteiger partial charge in [0.1, 0.15) is 5.75 Å². The monoisotopic (exact) mass is 404 g/mol. The molecule has 152 valence electrons. The second-order valence-electron chi connectivity index (χ2n) is 6.64. The van der Waals surface area contributed by atoms with E-state index in [1.54, 1.807) is 55.5 Å². The predicted molar refractivity (Wildman–Crippen MR) is 111 cm³/mol. The molecule has 7 heteroatoms. The summed E-state index contributed by atoms with van der Waals surface area (Å²) in [5.41, 5.74) is 1.54. The van der Waals surface area contributed by atoms with Crippen molar-refractivity contribution in [2.24, 2.45) is 0 Å². The molecule has 0 radical (unpaired) electrons. The van der Waals surface area contributed by atoms with Crippen LogP contribution in [0.2, 0.25) is 0 Å². The highest BCUT2D eigenvalue weighted by Crippen LogP contribution is 2.25. The van der Waals surface area contributed by atoms with Crippen LogP contribution in [0.5, 0.6) is 5.75 Å². The second-order valence-corrected chi connectivity index (χ2v) is 8.50. The van der Waals surface area contributed by atoms with Crippen LogP contribution in [0.3, 0.4) is 0 Å². The largest absolute Gasteiger partial charge is 0.484 e.